The standard InChI is InChI=1S/C13H20N4/c1-17(8-10-3-2-4-10)13-11-7-14-6-5-12(11)15-9-16-13/h9-10,14H,2-8H2,1H3. The maximum Gasteiger partial charge on any atom is 0.136 e. The van der Waals surface area contributed by atoms with Crippen LogP contribution in [0.1, 0.15) is 30.5 Å². The van der Waals surface area contributed by atoms with E-state index in [9.17, 15) is 0 Å². The van der Waals surface area contributed by atoms with Crippen molar-refractivity contribution in [1.29, 1.82) is 0 Å². The van der Waals surface area contributed by atoms with Crippen molar-refractivity contribution in [1.82, 2.24) is 15.3 Å². The zero-order valence-corrected chi connectivity index (χ0v) is 10.4. The predicted molar refractivity (Wildman–Crippen MR) is 68.1 cm³/mol. The molecular formula is C13H20N4. The first-order valence-corrected chi connectivity index (χ1v) is 6.59. The van der Waals surface area contributed by atoms with E-state index in [1.165, 1.54) is 30.5 Å². The second-order valence-electron chi connectivity index (χ2n) is 5.23. The lowest BCUT2D eigenvalue weighted by atomic mass is 9.85. The normalized spacial score (nSPS) is 19.6. The molecule has 1 aliphatic heterocycles. The highest BCUT2D eigenvalue weighted by molar-refractivity contribution is 5.48. The minimum absolute atomic E-state index is 0.877. The lowest BCUT2D eigenvalue weighted by molar-refractivity contribution is 0.320. The molecule has 1 aliphatic carbocycles. The van der Waals surface area contributed by atoms with Crippen molar-refractivity contribution in [2.45, 2.75) is 32.2 Å². The van der Waals surface area contributed by atoms with Gasteiger partial charge in [-0.25, -0.2) is 9.97 Å². The van der Waals surface area contributed by atoms with Crippen LogP contribution >= 0.6 is 0 Å². The van der Waals surface area contributed by atoms with Crippen LogP contribution in [0.4, 0.5) is 5.82 Å². The Labute approximate surface area is 102 Å². The van der Waals surface area contributed by atoms with Crippen molar-refractivity contribution in [3.8, 4) is 0 Å². The number of hydrogen-bond acceptors (Lipinski definition) is 4. The van der Waals surface area contributed by atoms with Crippen LogP contribution in [0.2, 0.25) is 0 Å². The maximum atomic E-state index is 4.48. The molecule has 4 nitrogen and oxygen atoms in total. The highest BCUT2D eigenvalue weighted by Crippen LogP contribution is 2.29. The van der Waals surface area contributed by atoms with Crippen molar-refractivity contribution in [2.75, 3.05) is 25.0 Å². The Morgan fingerprint density at radius 2 is 2.29 bits per heavy atom. The Kier molecular flexibility index (Phi) is 2.97. The molecule has 0 radical (unpaired) electrons. The van der Waals surface area contributed by atoms with Gasteiger partial charge in [-0.3, -0.25) is 0 Å². The molecule has 0 spiro atoms. The first kappa shape index (κ1) is 11.0. The van der Waals surface area contributed by atoms with Gasteiger partial charge < -0.3 is 10.2 Å². The van der Waals surface area contributed by atoms with Crippen LogP contribution in [0.3, 0.4) is 0 Å². The Morgan fingerprint density at radius 1 is 1.41 bits per heavy atom. The van der Waals surface area contributed by atoms with Crippen molar-refractivity contribution in [3.05, 3.63) is 17.6 Å². The molecule has 2 aliphatic rings. The number of nitrogens with one attached hydrogen (secondary N) is 1. The summed E-state index contributed by atoms with van der Waals surface area (Å²) in [6.07, 6.45) is 6.92. The van der Waals surface area contributed by atoms with Gasteiger partial charge >= 0.3 is 0 Å². The van der Waals surface area contributed by atoms with E-state index in [0.29, 0.717) is 0 Å². The van der Waals surface area contributed by atoms with Gasteiger partial charge in [-0.05, 0) is 18.8 Å². The molecule has 0 aromatic carbocycles. The van der Waals surface area contributed by atoms with Crippen LogP contribution < -0.4 is 10.2 Å². The number of hydrogen-bond donors (Lipinski definition) is 1. The summed E-state index contributed by atoms with van der Waals surface area (Å²) in [4.78, 5) is 11.2. The van der Waals surface area contributed by atoms with Crippen LogP contribution in [0, 0.1) is 5.92 Å². The molecule has 17 heavy (non-hydrogen) atoms. The Morgan fingerprint density at radius 3 is 3.06 bits per heavy atom. The van der Waals surface area contributed by atoms with Gasteiger partial charge in [0.25, 0.3) is 0 Å². The third kappa shape index (κ3) is 2.14. The van der Waals surface area contributed by atoms with Gasteiger partial charge in [0, 0.05) is 38.7 Å². The number of rotatable bonds is 3. The maximum absolute atomic E-state index is 4.48. The average molecular weight is 232 g/mol. The summed E-state index contributed by atoms with van der Waals surface area (Å²) in [7, 11) is 2.16. The average Bonchev–Trinajstić information content (AvgIpc) is 2.33. The van der Waals surface area contributed by atoms with Gasteiger partial charge in [0.2, 0.25) is 0 Å². The molecule has 0 amide bonds. The van der Waals surface area contributed by atoms with E-state index in [2.05, 4.69) is 27.2 Å². The van der Waals surface area contributed by atoms with Crippen LogP contribution in [0.25, 0.3) is 0 Å². The van der Waals surface area contributed by atoms with Crippen molar-refractivity contribution in [3.63, 3.8) is 0 Å². The first-order valence-electron chi connectivity index (χ1n) is 6.59. The molecule has 0 atom stereocenters. The Hall–Kier alpha value is -1.16. The molecule has 0 saturated heterocycles. The quantitative estimate of drug-likeness (QED) is 0.854. The Balaban J connectivity index is 1.80. The summed E-state index contributed by atoms with van der Waals surface area (Å²) in [5.74, 6) is 2.01. The number of nitrogens with zero attached hydrogens (tertiary/aromatic N) is 3. The fourth-order valence-corrected chi connectivity index (χ4v) is 2.73. The SMILES string of the molecule is CN(CC1CCC1)c1ncnc2c1CNCC2. The summed E-state index contributed by atoms with van der Waals surface area (Å²) in [5.41, 5.74) is 2.54. The van der Waals surface area contributed by atoms with Crippen LogP contribution in [-0.2, 0) is 13.0 Å². The molecule has 1 saturated carbocycles. The lowest BCUT2D eigenvalue weighted by Gasteiger charge is -2.32. The third-order valence-electron chi connectivity index (χ3n) is 3.97. The van der Waals surface area contributed by atoms with Crippen LogP contribution in [0.15, 0.2) is 6.33 Å². The van der Waals surface area contributed by atoms with E-state index in [0.717, 1.165) is 37.8 Å². The molecule has 2 heterocycles. The van der Waals surface area contributed by atoms with Crippen molar-refractivity contribution in [2.24, 2.45) is 5.92 Å². The van der Waals surface area contributed by atoms with Crippen molar-refractivity contribution < 1.29 is 0 Å². The molecule has 1 aromatic heterocycles. The minimum Gasteiger partial charge on any atom is -0.359 e. The Bertz CT molecular complexity index is 400. The van der Waals surface area contributed by atoms with Gasteiger partial charge in [-0.15, -0.1) is 0 Å². The molecule has 1 aromatic rings. The highest BCUT2D eigenvalue weighted by Gasteiger charge is 2.22. The summed E-state index contributed by atoms with van der Waals surface area (Å²) in [6.45, 7) is 3.10. The van der Waals surface area contributed by atoms with Crippen LogP contribution in [0.5, 0.6) is 0 Å². The van der Waals surface area contributed by atoms with Gasteiger partial charge in [0.15, 0.2) is 0 Å². The fourth-order valence-electron chi connectivity index (χ4n) is 2.73. The molecule has 92 valence electrons. The molecule has 1 fully saturated rings. The van der Waals surface area contributed by atoms with E-state index in [4.69, 9.17) is 0 Å². The monoisotopic (exact) mass is 232 g/mol. The molecule has 0 unspecified atom stereocenters. The van der Waals surface area contributed by atoms with E-state index >= 15 is 0 Å². The molecule has 4 heteroatoms. The van der Waals surface area contributed by atoms with Gasteiger partial charge in [-0.2, -0.15) is 0 Å². The van der Waals surface area contributed by atoms with Crippen LogP contribution in [-0.4, -0.2) is 30.1 Å². The summed E-state index contributed by atoms with van der Waals surface area (Å²) < 4.78 is 0. The molecule has 3 rings (SSSR count). The van der Waals surface area contributed by atoms with Gasteiger partial charge in [-0.1, -0.05) is 6.42 Å². The van der Waals surface area contributed by atoms with E-state index < -0.39 is 0 Å². The minimum atomic E-state index is 0.877. The second kappa shape index (κ2) is 4.61. The highest BCUT2D eigenvalue weighted by atomic mass is 15.2. The van der Waals surface area contributed by atoms with E-state index in [1.54, 1.807) is 6.33 Å². The molecule has 0 bridgehead atoms. The smallest absolute Gasteiger partial charge is 0.136 e. The van der Waals surface area contributed by atoms with E-state index in [1.807, 2.05) is 0 Å². The van der Waals surface area contributed by atoms with Crippen molar-refractivity contribution >= 4 is 5.82 Å². The molecular weight excluding hydrogens is 212 g/mol. The second-order valence-corrected chi connectivity index (χ2v) is 5.23. The number of anilines is 1. The zero-order valence-electron chi connectivity index (χ0n) is 10.4. The van der Waals surface area contributed by atoms with Gasteiger partial charge in [0.05, 0.1) is 5.69 Å². The molecule has 1 N–H and O–H groups in total. The lowest BCUT2D eigenvalue weighted by Crippen LogP contribution is -2.33. The predicted octanol–water partition coefficient (Wildman–Crippen LogP) is 1.36. The summed E-state index contributed by atoms with van der Waals surface area (Å²) >= 11 is 0. The number of aromatic nitrogens is 2. The fraction of sp³-hybridized carbons (Fsp3) is 0.692. The van der Waals surface area contributed by atoms with E-state index in [-0.39, 0.29) is 0 Å². The third-order valence-corrected chi connectivity index (χ3v) is 3.97. The zero-order chi connectivity index (χ0) is 11.7. The summed E-state index contributed by atoms with van der Waals surface area (Å²) in [5, 5.41) is 3.41. The van der Waals surface area contributed by atoms with Gasteiger partial charge in [0.1, 0.15) is 12.1 Å². The first-order chi connectivity index (χ1) is 8.34. The largest absolute Gasteiger partial charge is 0.359 e. The topological polar surface area (TPSA) is 41.1 Å². The number of fused-ring (bicyclic) bond motifs is 1. The summed E-state index contributed by atoms with van der Waals surface area (Å²) in [6, 6.07) is 0.